The largest absolute Gasteiger partial charge is 0.497 e. The molecule has 0 radical (unpaired) electrons. The lowest BCUT2D eigenvalue weighted by molar-refractivity contribution is 0.414. The van der Waals surface area contributed by atoms with Gasteiger partial charge in [-0.25, -0.2) is 0 Å². The number of rotatable bonds is 4. The standard InChI is InChI=1S/C15H15BrClNO/c1-10-3-4-12(17)8-15(10)18-9-11-7-13(19-2)5-6-14(11)16/h3-8,18H,9H2,1-2H3. The van der Waals surface area contributed by atoms with Crippen molar-refractivity contribution in [2.45, 2.75) is 13.5 Å². The summed E-state index contributed by atoms with van der Waals surface area (Å²) in [6, 6.07) is 11.8. The van der Waals surface area contributed by atoms with Gasteiger partial charge in [0, 0.05) is 21.7 Å². The number of hydrogen-bond donors (Lipinski definition) is 1. The first-order valence-electron chi connectivity index (χ1n) is 5.92. The molecular formula is C15H15BrClNO. The smallest absolute Gasteiger partial charge is 0.119 e. The average molecular weight is 341 g/mol. The van der Waals surface area contributed by atoms with Crippen LogP contribution in [-0.2, 0) is 6.54 Å². The van der Waals surface area contributed by atoms with Crippen molar-refractivity contribution in [3.8, 4) is 5.75 Å². The predicted molar refractivity (Wildman–Crippen MR) is 84.2 cm³/mol. The molecule has 0 aliphatic rings. The van der Waals surface area contributed by atoms with E-state index >= 15 is 0 Å². The van der Waals surface area contributed by atoms with Gasteiger partial charge in [0.25, 0.3) is 0 Å². The fraction of sp³-hybridized carbons (Fsp3) is 0.200. The zero-order valence-electron chi connectivity index (χ0n) is 10.8. The lowest BCUT2D eigenvalue weighted by Crippen LogP contribution is -2.02. The topological polar surface area (TPSA) is 21.3 Å². The van der Waals surface area contributed by atoms with Gasteiger partial charge in [-0.05, 0) is 48.4 Å². The highest BCUT2D eigenvalue weighted by Gasteiger charge is 2.04. The minimum atomic E-state index is 0.707. The van der Waals surface area contributed by atoms with Gasteiger partial charge in [0.2, 0.25) is 0 Å². The molecular weight excluding hydrogens is 326 g/mol. The van der Waals surface area contributed by atoms with Crippen molar-refractivity contribution >= 4 is 33.2 Å². The van der Waals surface area contributed by atoms with Gasteiger partial charge in [0.1, 0.15) is 5.75 Å². The fourth-order valence-electron chi connectivity index (χ4n) is 1.79. The van der Waals surface area contributed by atoms with Crippen LogP contribution in [0.1, 0.15) is 11.1 Å². The molecule has 0 atom stereocenters. The Hall–Kier alpha value is -1.19. The SMILES string of the molecule is COc1ccc(Br)c(CNc2cc(Cl)ccc2C)c1. The zero-order valence-corrected chi connectivity index (χ0v) is 13.2. The number of anilines is 1. The lowest BCUT2D eigenvalue weighted by Gasteiger charge is -2.12. The van der Waals surface area contributed by atoms with Crippen LogP contribution >= 0.6 is 27.5 Å². The van der Waals surface area contributed by atoms with Gasteiger partial charge in [-0.15, -0.1) is 0 Å². The first kappa shape index (κ1) is 14.2. The first-order valence-corrected chi connectivity index (χ1v) is 7.09. The Morgan fingerprint density at radius 2 is 2.00 bits per heavy atom. The van der Waals surface area contributed by atoms with E-state index in [0.717, 1.165) is 26.5 Å². The highest BCUT2D eigenvalue weighted by molar-refractivity contribution is 9.10. The zero-order chi connectivity index (χ0) is 13.8. The lowest BCUT2D eigenvalue weighted by atomic mass is 10.1. The molecule has 100 valence electrons. The molecule has 4 heteroatoms. The van der Waals surface area contributed by atoms with E-state index in [1.165, 1.54) is 5.56 Å². The third-order valence-corrected chi connectivity index (χ3v) is 3.93. The van der Waals surface area contributed by atoms with Gasteiger partial charge in [0.05, 0.1) is 7.11 Å². The molecule has 0 spiro atoms. The van der Waals surface area contributed by atoms with Crippen molar-refractivity contribution in [2.24, 2.45) is 0 Å². The third kappa shape index (κ3) is 3.64. The Morgan fingerprint density at radius 3 is 2.74 bits per heavy atom. The van der Waals surface area contributed by atoms with Gasteiger partial charge < -0.3 is 10.1 Å². The number of hydrogen-bond acceptors (Lipinski definition) is 2. The maximum atomic E-state index is 6.01. The summed E-state index contributed by atoms with van der Waals surface area (Å²) >= 11 is 9.55. The molecule has 2 nitrogen and oxygen atoms in total. The van der Waals surface area contributed by atoms with Gasteiger partial charge in [-0.2, -0.15) is 0 Å². The monoisotopic (exact) mass is 339 g/mol. The van der Waals surface area contributed by atoms with E-state index in [9.17, 15) is 0 Å². The predicted octanol–water partition coefficient (Wildman–Crippen LogP) is 5.03. The Bertz CT molecular complexity index is 586. The van der Waals surface area contributed by atoms with Crippen molar-refractivity contribution < 1.29 is 4.74 Å². The van der Waals surface area contributed by atoms with Gasteiger partial charge in [0.15, 0.2) is 0 Å². The average Bonchev–Trinajstić information content (AvgIpc) is 2.41. The van der Waals surface area contributed by atoms with E-state index in [0.29, 0.717) is 6.54 Å². The van der Waals surface area contributed by atoms with E-state index in [4.69, 9.17) is 16.3 Å². The molecule has 2 aromatic rings. The van der Waals surface area contributed by atoms with Crippen molar-refractivity contribution in [1.82, 2.24) is 0 Å². The second-order valence-electron chi connectivity index (χ2n) is 4.27. The second-order valence-corrected chi connectivity index (χ2v) is 5.56. The molecule has 0 heterocycles. The van der Waals surface area contributed by atoms with Crippen LogP contribution in [-0.4, -0.2) is 7.11 Å². The van der Waals surface area contributed by atoms with E-state index < -0.39 is 0 Å². The number of methoxy groups -OCH3 is 1. The summed E-state index contributed by atoms with van der Waals surface area (Å²) in [5, 5.41) is 4.13. The van der Waals surface area contributed by atoms with Crippen LogP contribution in [0.4, 0.5) is 5.69 Å². The molecule has 19 heavy (non-hydrogen) atoms. The van der Waals surface area contributed by atoms with Crippen molar-refractivity contribution in [1.29, 1.82) is 0 Å². The highest BCUT2D eigenvalue weighted by Crippen LogP contribution is 2.25. The minimum absolute atomic E-state index is 0.707. The summed E-state index contributed by atoms with van der Waals surface area (Å²) in [5.74, 6) is 0.850. The Kier molecular flexibility index (Phi) is 4.72. The molecule has 0 fully saturated rings. The second kappa shape index (κ2) is 6.31. The Labute approximate surface area is 126 Å². The summed E-state index contributed by atoms with van der Waals surface area (Å²) < 4.78 is 6.29. The minimum Gasteiger partial charge on any atom is -0.497 e. The highest BCUT2D eigenvalue weighted by atomic mass is 79.9. The molecule has 0 aliphatic heterocycles. The summed E-state index contributed by atoms with van der Waals surface area (Å²) in [6.07, 6.45) is 0. The van der Waals surface area contributed by atoms with Crippen molar-refractivity contribution in [3.05, 3.63) is 57.0 Å². The van der Waals surface area contributed by atoms with Crippen LogP contribution in [0, 0.1) is 6.92 Å². The van der Waals surface area contributed by atoms with Crippen LogP contribution in [0.5, 0.6) is 5.75 Å². The molecule has 2 rings (SSSR count). The molecule has 0 aliphatic carbocycles. The number of benzene rings is 2. The normalized spacial score (nSPS) is 10.3. The fourth-order valence-corrected chi connectivity index (χ4v) is 2.35. The van der Waals surface area contributed by atoms with E-state index in [1.54, 1.807) is 7.11 Å². The Morgan fingerprint density at radius 1 is 1.21 bits per heavy atom. The molecule has 1 N–H and O–H groups in total. The van der Waals surface area contributed by atoms with Gasteiger partial charge in [-0.1, -0.05) is 33.6 Å². The maximum absolute atomic E-state index is 6.01. The van der Waals surface area contributed by atoms with Crippen LogP contribution in [0.25, 0.3) is 0 Å². The van der Waals surface area contributed by atoms with E-state index in [1.807, 2.05) is 36.4 Å². The van der Waals surface area contributed by atoms with Crippen LogP contribution in [0.15, 0.2) is 40.9 Å². The summed E-state index contributed by atoms with van der Waals surface area (Å²) in [4.78, 5) is 0. The van der Waals surface area contributed by atoms with Gasteiger partial charge in [-0.3, -0.25) is 0 Å². The number of aryl methyl sites for hydroxylation is 1. The van der Waals surface area contributed by atoms with Crippen molar-refractivity contribution in [2.75, 3.05) is 12.4 Å². The quantitative estimate of drug-likeness (QED) is 0.842. The molecule has 2 aromatic carbocycles. The third-order valence-electron chi connectivity index (χ3n) is 2.92. The van der Waals surface area contributed by atoms with Gasteiger partial charge >= 0.3 is 0 Å². The number of halogens is 2. The number of ether oxygens (including phenoxy) is 1. The van der Waals surface area contributed by atoms with Crippen LogP contribution in [0.3, 0.4) is 0 Å². The molecule has 0 saturated carbocycles. The molecule has 0 amide bonds. The Balaban J connectivity index is 2.16. The summed E-state index contributed by atoms with van der Waals surface area (Å²) in [7, 11) is 1.67. The van der Waals surface area contributed by atoms with Crippen LogP contribution in [0.2, 0.25) is 5.02 Å². The maximum Gasteiger partial charge on any atom is 0.119 e. The molecule has 0 bridgehead atoms. The van der Waals surface area contributed by atoms with Crippen molar-refractivity contribution in [3.63, 3.8) is 0 Å². The summed E-state index contributed by atoms with van der Waals surface area (Å²) in [5.41, 5.74) is 3.35. The van der Waals surface area contributed by atoms with E-state index in [-0.39, 0.29) is 0 Å². The molecule has 0 unspecified atom stereocenters. The first-order chi connectivity index (χ1) is 9.10. The molecule has 0 aromatic heterocycles. The number of nitrogens with one attached hydrogen (secondary N) is 1. The van der Waals surface area contributed by atoms with E-state index in [2.05, 4.69) is 28.2 Å². The molecule has 0 saturated heterocycles. The summed E-state index contributed by atoms with van der Waals surface area (Å²) in [6.45, 7) is 2.76. The van der Waals surface area contributed by atoms with Crippen LogP contribution < -0.4 is 10.1 Å².